The molecule has 218 valence electrons. The van der Waals surface area contributed by atoms with Crippen LogP contribution in [-0.2, 0) is 21.4 Å². The van der Waals surface area contributed by atoms with E-state index in [9.17, 15) is 24.3 Å². The van der Waals surface area contributed by atoms with Crippen LogP contribution in [0.15, 0.2) is 36.4 Å². The molecule has 2 saturated heterocycles. The maximum Gasteiger partial charge on any atom is 0.275 e. The zero-order chi connectivity index (χ0) is 28.7. The molecule has 41 heavy (non-hydrogen) atoms. The van der Waals surface area contributed by atoms with Crippen molar-refractivity contribution in [1.82, 2.24) is 30.6 Å². The van der Waals surface area contributed by atoms with Crippen LogP contribution < -0.4 is 16.0 Å². The molecule has 1 aromatic carbocycles. The maximum atomic E-state index is 13.9. The highest BCUT2D eigenvalue weighted by molar-refractivity contribution is 5.97. The summed E-state index contributed by atoms with van der Waals surface area (Å²) in [4.78, 5) is 54.4. The molecule has 0 bridgehead atoms. The Morgan fingerprint density at radius 1 is 1.15 bits per heavy atom. The van der Waals surface area contributed by atoms with Gasteiger partial charge in [-0.15, -0.1) is 0 Å². The van der Waals surface area contributed by atoms with Crippen LogP contribution in [0.2, 0.25) is 0 Å². The topological polar surface area (TPSA) is 146 Å². The molecule has 2 aliphatic carbocycles. The SMILES string of the molecule is Cn1nc(C(=O)N2CCC3(CC3)C[C@H]2C(=O)NC(C[C@@H]2CCNC2=O)C(O)C(=O)NC2CC2)cc1-c1ccccc1. The van der Waals surface area contributed by atoms with E-state index in [1.807, 2.05) is 30.3 Å². The number of aromatic nitrogens is 2. The van der Waals surface area contributed by atoms with Crippen LogP contribution in [0.25, 0.3) is 11.3 Å². The number of rotatable bonds is 9. The number of hydrogen-bond donors (Lipinski definition) is 4. The molecule has 2 aliphatic heterocycles. The van der Waals surface area contributed by atoms with Crippen LogP contribution >= 0.6 is 0 Å². The summed E-state index contributed by atoms with van der Waals surface area (Å²) in [5.41, 5.74) is 2.04. The van der Waals surface area contributed by atoms with Gasteiger partial charge >= 0.3 is 0 Å². The molecule has 4 atom stereocenters. The molecule has 6 rings (SSSR count). The van der Waals surface area contributed by atoms with Crippen LogP contribution in [0.1, 0.15) is 61.9 Å². The quantitative estimate of drug-likeness (QED) is 0.360. The lowest BCUT2D eigenvalue weighted by Gasteiger charge is -2.39. The second kappa shape index (κ2) is 10.9. The zero-order valence-electron chi connectivity index (χ0n) is 23.3. The van der Waals surface area contributed by atoms with Crippen molar-refractivity contribution < 1.29 is 24.3 Å². The molecule has 4 N–H and O–H groups in total. The van der Waals surface area contributed by atoms with Gasteiger partial charge in [0.2, 0.25) is 11.8 Å². The summed E-state index contributed by atoms with van der Waals surface area (Å²) in [5.74, 6) is -1.84. The third kappa shape index (κ3) is 5.86. The van der Waals surface area contributed by atoms with Gasteiger partial charge in [0.25, 0.3) is 11.8 Å². The lowest BCUT2D eigenvalue weighted by molar-refractivity contribution is -0.135. The van der Waals surface area contributed by atoms with E-state index in [1.165, 1.54) is 0 Å². The molecule has 2 aromatic rings. The zero-order valence-corrected chi connectivity index (χ0v) is 23.3. The second-order valence-electron chi connectivity index (χ2n) is 12.2. The summed E-state index contributed by atoms with van der Waals surface area (Å²) in [6, 6.07) is 9.76. The van der Waals surface area contributed by atoms with Gasteiger partial charge in [0, 0.05) is 32.1 Å². The highest BCUT2D eigenvalue weighted by atomic mass is 16.3. The number of hydrogen-bond acceptors (Lipinski definition) is 6. The largest absolute Gasteiger partial charge is 0.381 e. The Morgan fingerprint density at radius 2 is 1.90 bits per heavy atom. The number of aryl methyl sites for hydroxylation is 1. The minimum atomic E-state index is -1.50. The van der Waals surface area contributed by atoms with Crippen LogP contribution in [-0.4, -0.2) is 80.7 Å². The summed E-state index contributed by atoms with van der Waals surface area (Å²) >= 11 is 0. The van der Waals surface area contributed by atoms with Gasteiger partial charge in [0.15, 0.2) is 11.8 Å². The fourth-order valence-electron chi connectivity index (χ4n) is 6.26. The average molecular weight is 563 g/mol. The lowest BCUT2D eigenvalue weighted by Crippen LogP contribution is -2.59. The number of benzene rings is 1. The number of nitrogens with zero attached hydrogens (tertiary/aromatic N) is 3. The number of likely N-dealkylation sites (tertiary alicyclic amines) is 1. The third-order valence-electron chi connectivity index (χ3n) is 9.18. The van der Waals surface area contributed by atoms with Gasteiger partial charge in [-0.2, -0.15) is 5.10 Å². The standard InChI is InChI=1S/C30H38N6O5/c1-35-23(18-5-3-2-4-6-18)16-22(34-35)29(41)36-14-12-30(10-11-30)17-24(36)27(39)33-21(15-19-9-13-31-26(19)38)25(37)28(40)32-20-7-8-20/h2-6,16,19-21,24-25,37H,7-15,17H2,1H3,(H,31,38)(H,32,40)(H,33,39)/t19-,21?,24-,25?/m0/s1. The molecular formula is C30H38N6O5. The number of piperidine rings is 1. The first-order chi connectivity index (χ1) is 19.7. The molecule has 11 nitrogen and oxygen atoms in total. The van der Waals surface area contributed by atoms with Crippen molar-refractivity contribution in [3.63, 3.8) is 0 Å². The molecule has 1 aromatic heterocycles. The number of aliphatic hydroxyl groups is 1. The number of amides is 4. The van der Waals surface area contributed by atoms with Crippen LogP contribution in [0.3, 0.4) is 0 Å². The van der Waals surface area contributed by atoms with Crippen molar-refractivity contribution >= 4 is 23.6 Å². The molecule has 0 radical (unpaired) electrons. The van der Waals surface area contributed by atoms with E-state index in [0.29, 0.717) is 25.9 Å². The van der Waals surface area contributed by atoms with Gasteiger partial charge < -0.3 is 26.0 Å². The van der Waals surface area contributed by atoms with Crippen molar-refractivity contribution in [2.45, 2.75) is 75.6 Å². The Hall–Kier alpha value is -3.73. The molecule has 1 spiro atoms. The fraction of sp³-hybridized carbons (Fsp3) is 0.567. The van der Waals surface area contributed by atoms with Crippen LogP contribution in [0.5, 0.6) is 0 Å². The van der Waals surface area contributed by atoms with E-state index in [2.05, 4.69) is 21.0 Å². The normalized spacial score (nSPS) is 24.4. The summed E-state index contributed by atoms with van der Waals surface area (Å²) in [5, 5.41) is 24.0. The summed E-state index contributed by atoms with van der Waals surface area (Å²) in [7, 11) is 1.79. The van der Waals surface area contributed by atoms with Gasteiger partial charge in [-0.1, -0.05) is 30.3 Å². The van der Waals surface area contributed by atoms with E-state index >= 15 is 0 Å². The molecule has 3 heterocycles. The summed E-state index contributed by atoms with van der Waals surface area (Å²) in [6.07, 6.45) is 4.30. The first-order valence-electron chi connectivity index (χ1n) is 14.7. The van der Waals surface area contributed by atoms with E-state index in [4.69, 9.17) is 0 Å². The van der Waals surface area contributed by atoms with Gasteiger partial charge in [0.1, 0.15) is 6.04 Å². The van der Waals surface area contributed by atoms with Gasteiger partial charge in [0.05, 0.1) is 11.7 Å². The van der Waals surface area contributed by atoms with E-state index < -0.39 is 35.9 Å². The number of nitrogens with one attached hydrogen (secondary N) is 3. The van der Waals surface area contributed by atoms with E-state index in [1.54, 1.807) is 22.7 Å². The Kier molecular flexibility index (Phi) is 7.31. The minimum absolute atomic E-state index is 0.0426. The van der Waals surface area contributed by atoms with Crippen LogP contribution in [0.4, 0.5) is 0 Å². The lowest BCUT2D eigenvalue weighted by atomic mass is 9.86. The molecule has 11 heteroatoms. The third-order valence-corrected chi connectivity index (χ3v) is 9.18. The first kappa shape index (κ1) is 27.4. The Morgan fingerprint density at radius 3 is 2.56 bits per heavy atom. The Bertz CT molecular complexity index is 1330. The number of aliphatic hydroxyl groups excluding tert-OH is 1. The molecule has 4 amide bonds. The smallest absolute Gasteiger partial charge is 0.275 e. The predicted octanol–water partition coefficient (Wildman–Crippen LogP) is 1.12. The van der Waals surface area contributed by atoms with Gasteiger partial charge in [-0.3, -0.25) is 23.9 Å². The van der Waals surface area contributed by atoms with E-state index in [-0.39, 0.29) is 35.4 Å². The van der Waals surface area contributed by atoms with Crippen molar-refractivity contribution in [3.05, 3.63) is 42.1 Å². The van der Waals surface area contributed by atoms with Crippen molar-refractivity contribution in [1.29, 1.82) is 0 Å². The molecule has 4 fully saturated rings. The summed E-state index contributed by atoms with van der Waals surface area (Å²) < 4.78 is 1.67. The monoisotopic (exact) mass is 562 g/mol. The first-order valence-corrected chi connectivity index (χ1v) is 14.7. The van der Waals surface area contributed by atoms with Gasteiger partial charge in [-0.05, 0) is 68.4 Å². The molecule has 4 aliphatic rings. The molecule has 2 unspecified atom stereocenters. The Labute approximate surface area is 239 Å². The number of carbonyl (C=O) groups excluding carboxylic acids is 4. The molecular weight excluding hydrogens is 524 g/mol. The average Bonchev–Trinajstić information content (AvgIpc) is 3.87. The second-order valence-corrected chi connectivity index (χ2v) is 12.2. The van der Waals surface area contributed by atoms with E-state index in [0.717, 1.165) is 43.4 Å². The van der Waals surface area contributed by atoms with Crippen LogP contribution in [0, 0.1) is 11.3 Å². The minimum Gasteiger partial charge on any atom is -0.381 e. The van der Waals surface area contributed by atoms with Crippen molar-refractivity contribution in [2.24, 2.45) is 18.4 Å². The predicted molar refractivity (Wildman–Crippen MR) is 149 cm³/mol. The van der Waals surface area contributed by atoms with Crippen molar-refractivity contribution in [3.8, 4) is 11.3 Å². The van der Waals surface area contributed by atoms with Crippen molar-refractivity contribution in [2.75, 3.05) is 13.1 Å². The Balaban J connectivity index is 1.22. The number of carbonyl (C=O) groups is 4. The summed E-state index contributed by atoms with van der Waals surface area (Å²) in [6.45, 7) is 0.950. The highest BCUT2D eigenvalue weighted by Crippen LogP contribution is 2.55. The highest BCUT2D eigenvalue weighted by Gasteiger charge is 2.51. The fourth-order valence-corrected chi connectivity index (χ4v) is 6.26. The van der Waals surface area contributed by atoms with Gasteiger partial charge in [-0.25, -0.2) is 0 Å². The molecule has 2 saturated carbocycles. The maximum absolute atomic E-state index is 13.9.